The molecule has 0 unspecified atom stereocenters. The molecule has 1 aliphatic carbocycles. The average molecular weight is 622 g/mol. The maximum absolute atomic E-state index is 12.4. The van der Waals surface area contributed by atoms with Gasteiger partial charge in [-0.1, -0.05) is 55.3 Å². The van der Waals surface area contributed by atoms with E-state index < -0.39 is 19.1 Å². The number of aryl methyl sites for hydroxylation is 2. The molecule has 1 aliphatic heterocycles. The highest BCUT2D eigenvalue weighted by Crippen LogP contribution is 2.20. The second kappa shape index (κ2) is 17.2. The van der Waals surface area contributed by atoms with Gasteiger partial charge in [0.05, 0.1) is 16.9 Å². The first-order chi connectivity index (χ1) is 19.5. The molecule has 2 aromatic carbocycles. The molecular formula is C31H40ClNO6S2. The lowest BCUT2D eigenvalue weighted by Crippen LogP contribution is -2.14. The van der Waals surface area contributed by atoms with Crippen LogP contribution in [0.2, 0.25) is 0 Å². The van der Waals surface area contributed by atoms with Crippen molar-refractivity contribution in [3.8, 4) is 5.75 Å². The van der Waals surface area contributed by atoms with Crippen LogP contribution < -0.4 is 4.74 Å². The third kappa shape index (κ3) is 11.5. The van der Waals surface area contributed by atoms with E-state index in [-0.39, 0.29) is 9.79 Å². The molecule has 0 radical (unpaired) electrons. The van der Waals surface area contributed by atoms with Crippen LogP contribution in [0.3, 0.4) is 0 Å². The van der Waals surface area contributed by atoms with Crippen molar-refractivity contribution < 1.29 is 26.3 Å². The molecule has 5 rings (SSSR count). The van der Waals surface area contributed by atoms with Gasteiger partial charge in [0.25, 0.3) is 19.1 Å². The van der Waals surface area contributed by atoms with Gasteiger partial charge in [0.1, 0.15) is 5.75 Å². The molecule has 2 aliphatic rings. The Bertz CT molecular complexity index is 1460. The maximum Gasteiger partial charge on any atom is 0.267 e. The number of hydrogen-bond acceptors (Lipinski definition) is 6. The van der Waals surface area contributed by atoms with Crippen molar-refractivity contribution in [2.24, 2.45) is 0 Å². The van der Waals surface area contributed by atoms with Crippen molar-refractivity contribution in [3.05, 3.63) is 102 Å². The molecule has 0 saturated carbocycles. The van der Waals surface area contributed by atoms with E-state index in [0.29, 0.717) is 12.2 Å². The molecule has 0 amide bonds. The number of nitrogens with zero attached hydrogens (tertiary/aromatic N) is 1. The lowest BCUT2D eigenvalue weighted by atomic mass is 10.2. The van der Waals surface area contributed by atoms with Crippen LogP contribution in [0.5, 0.6) is 5.75 Å². The van der Waals surface area contributed by atoms with Crippen molar-refractivity contribution >= 4 is 29.8 Å². The molecule has 1 aromatic heterocycles. The first kappa shape index (κ1) is 34.4. The molecule has 0 atom stereocenters. The van der Waals surface area contributed by atoms with Crippen molar-refractivity contribution in [2.75, 3.05) is 20.3 Å². The smallest absolute Gasteiger partial charge is 0.267 e. The lowest BCUT2D eigenvalue weighted by molar-refractivity contribution is 0.198. The van der Waals surface area contributed by atoms with Gasteiger partial charge < -0.3 is 9.47 Å². The van der Waals surface area contributed by atoms with E-state index in [4.69, 9.17) is 20.2 Å². The van der Waals surface area contributed by atoms with Gasteiger partial charge in [-0.25, -0.2) is 20.8 Å². The molecule has 0 spiro atoms. The zero-order valence-electron chi connectivity index (χ0n) is 24.1. The van der Waals surface area contributed by atoms with Crippen LogP contribution >= 0.6 is 10.7 Å². The van der Waals surface area contributed by atoms with Gasteiger partial charge in [-0.05, 0) is 87.6 Å². The Morgan fingerprint density at radius 3 is 1.90 bits per heavy atom. The quantitative estimate of drug-likeness (QED) is 0.268. The van der Waals surface area contributed by atoms with Crippen LogP contribution in [-0.2, 0) is 30.2 Å². The van der Waals surface area contributed by atoms with Crippen LogP contribution in [0, 0.1) is 6.92 Å². The lowest BCUT2D eigenvalue weighted by Gasteiger charge is -2.09. The molecule has 0 bridgehead atoms. The fourth-order valence-electron chi connectivity index (χ4n) is 3.74. The first-order valence-electron chi connectivity index (χ1n) is 13.5. The van der Waals surface area contributed by atoms with Crippen molar-refractivity contribution in [3.63, 3.8) is 0 Å². The minimum Gasteiger partial charge on any atom is -0.497 e. The highest BCUT2D eigenvalue weighted by atomic mass is 35.7. The fourth-order valence-corrected chi connectivity index (χ4v) is 5.94. The maximum atomic E-state index is 12.4. The van der Waals surface area contributed by atoms with Gasteiger partial charge >= 0.3 is 0 Å². The van der Waals surface area contributed by atoms with Crippen LogP contribution in [0.15, 0.2) is 100 Å². The van der Waals surface area contributed by atoms with E-state index in [1.54, 1.807) is 67.4 Å². The average Bonchev–Trinajstić information content (AvgIpc) is 3.78. The van der Waals surface area contributed by atoms with Gasteiger partial charge in [0, 0.05) is 35.8 Å². The van der Waals surface area contributed by atoms with Gasteiger partial charge in [0.2, 0.25) is 0 Å². The Morgan fingerprint density at radius 2 is 1.49 bits per heavy atom. The molecule has 0 N–H and O–H groups in total. The molecule has 41 heavy (non-hydrogen) atoms. The van der Waals surface area contributed by atoms with Crippen LogP contribution in [-0.4, -0.2) is 41.1 Å². The Morgan fingerprint density at radius 1 is 0.878 bits per heavy atom. The van der Waals surface area contributed by atoms with Gasteiger partial charge in [-0.2, -0.15) is 0 Å². The Hall–Kier alpha value is -2.85. The second-order valence-corrected chi connectivity index (χ2v) is 13.6. The number of methoxy groups -OCH3 is 1. The monoisotopic (exact) mass is 621 g/mol. The predicted molar refractivity (Wildman–Crippen MR) is 166 cm³/mol. The minimum atomic E-state index is -3.55. The van der Waals surface area contributed by atoms with E-state index in [0.717, 1.165) is 24.5 Å². The first-order valence-corrected chi connectivity index (χ1v) is 17.3. The van der Waals surface area contributed by atoms with Crippen LogP contribution in [0.25, 0.3) is 0 Å². The molecule has 7 nitrogen and oxygen atoms in total. The summed E-state index contributed by atoms with van der Waals surface area (Å²) in [5, 5.41) is 0. The summed E-state index contributed by atoms with van der Waals surface area (Å²) in [6.07, 6.45) is 13.7. The number of halogens is 1. The molecule has 1 saturated heterocycles. The van der Waals surface area contributed by atoms with E-state index in [1.165, 1.54) is 41.8 Å². The Balaban J connectivity index is 0.000000215. The van der Waals surface area contributed by atoms with Crippen molar-refractivity contribution in [2.45, 2.75) is 62.7 Å². The van der Waals surface area contributed by atoms with Gasteiger partial charge in [-0.15, -0.1) is 0 Å². The standard InChI is InChI=1S/C13H15NO3S.C7H7ClO2S.C7H10.C4H8O/c1-3-11-5-4-10-14(11)18(15,16)13-8-6-12(17-2)7-9-13;1-6-2-4-7(5-3-6)11(8,9)10;1-2-7-5-3-4-6-7;1-2-4-5-3-1/h4-10H,3H2,1-2H3;2-5H,1H3;3-5H,2,6H2,1H3;1-4H2. The zero-order chi connectivity index (χ0) is 30.3. The second-order valence-electron chi connectivity index (χ2n) is 9.21. The summed E-state index contributed by atoms with van der Waals surface area (Å²) >= 11 is 0. The largest absolute Gasteiger partial charge is 0.497 e. The minimum absolute atomic E-state index is 0.143. The third-order valence-electron chi connectivity index (χ3n) is 6.20. The van der Waals surface area contributed by atoms with E-state index >= 15 is 0 Å². The highest BCUT2D eigenvalue weighted by Gasteiger charge is 2.18. The summed E-state index contributed by atoms with van der Waals surface area (Å²) in [5.74, 6) is 0.636. The highest BCUT2D eigenvalue weighted by molar-refractivity contribution is 8.13. The zero-order valence-corrected chi connectivity index (χ0v) is 26.5. The summed E-state index contributed by atoms with van der Waals surface area (Å²) < 4.78 is 57.5. The molecule has 10 heteroatoms. The predicted octanol–water partition coefficient (Wildman–Crippen LogP) is 7.30. The molecular weight excluding hydrogens is 582 g/mol. The summed E-state index contributed by atoms with van der Waals surface area (Å²) in [4.78, 5) is 0.402. The Kier molecular flexibility index (Phi) is 14.4. The van der Waals surface area contributed by atoms with E-state index in [9.17, 15) is 16.8 Å². The number of aromatic nitrogens is 1. The summed E-state index contributed by atoms with van der Waals surface area (Å²) in [6.45, 7) is 8.00. The molecule has 2 heterocycles. The third-order valence-corrected chi connectivity index (χ3v) is 9.32. The topological polar surface area (TPSA) is 91.7 Å². The van der Waals surface area contributed by atoms with E-state index in [2.05, 4.69) is 25.2 Å². The van der Waals surface area contributed by atoms with Gasteiger partial charge in [-0.3, -0.25) is 0 Å². The van der Waals surface area contributed by atoms with Crippen LogP contribution in [0.1, 0.15) is 50.8 Å². The summed E-state index contributed by atoms with van der Waals surface area (Å²) in [7, 11) is -0.420. The fraction of sp³-hybridized carbons (Fsp3) is 0.355. The molecule has 224 valence electrons. The summed E-state index contributed by atoms with van der Waals surface area (Å²) in [6, 6.07) is 16.3. The number of hydrogen-bond donors (Lipinski definition) is 0. The van der Waals surface area contributed by atoms with E-state index in [1.807, 2.05) is 13.8 Å². The number of allylic oxidation sites excluding steroid dienone is 4. The Labute approximate surface area is 249 Å². The summed E-state index contributed by atoms with van der Waals surface area (Å²) in [5.41, 5.74) is 3.33. The molecule has 1 fully saturated rings. The van der Waals surface area contributed by atoms with Crippen molar-refractivity contribution in [1.82, 2.24) is 3.97 Å². The molecule has 3 aromatic rings. The van der Waals surface area contributed by atoms with Crippen LogP contribution in [0.4, 0.5) is 0 Å². The number of rotatable bonds is 6. The van der Waals surface area contributed by atoms with Gasteiger partial charge in [0.15, 0.2) is 0 Å². The van der Waals surface area contributed by atoms with Crippen molar-refractivity contribution in [1.29, 1.82) is 0 Å². The normalized spacial score (nSPS) is 14.0. The SMILES string of the molecule is C1CCOC1.CCC1=CC=CC1.CCc1cccn1S(=O)(=O)c1ccc(OC)cc1.Cc1ccc(S(=O)(=O)Cl)cc1. The number of benzene rings is 2. The number of ether oxygens (including phenoxy) is 2.